The highest BCUT2D eigenvalue weighted by molar-refractivity contribution is 6.37. The second kappa shape index (κ2) is 8.57. The first-order valence-electron chi connectivity index (χ1n) is 8.33. The molecule has 1 saturated heterocycles. The summed E-state index contributed by atoms with van der Waals surface area (Å²) < 4.78 is 1.59. The molecule has 142 valence electrons. The van der Waals surface area contributed by atoms with Gasteiger partial charge in [-0.2, -0.15) is 0 Å². The zero-order valence-electron chi connectivity index (χ0n) is 14.9. The van der Waals surface area contributed by atoms with Crippen LogP contribution in [0.2, 0.25) is 10.0 Å². The van der Waals surface area contributed by atoms with Crippen LogP contribution in [0.4, 0.5) is 0 Å². The van der Waals surface area contributed by atoms with E-state index in [-0.39, 0.29) is 36.1 Å². The molecule has 0 radical (unpaired) electrons. The number of aromatic nitrogens is 3. The average molecular weight is 419 g/mol. The van der Waals surface area contributed by atoms with E-state index < -0.39 is 0 Å². The van der Waals surface area contributed by atoms with Crippen molar-refractivity contribution in [1.29, 1.82) is 0 Å². The number of carbonyl (C=O) groups is 1. The molecule has 2 heterocycles. The molecule has 26 heavy (non-hydrogen) atoms. The Hall–Kier alpha value is -1.34. The molecular formula is C17H22Cl3N5O. The van der Waals surface area contributed by atoms with Crippen LogP contribution in [-0.4, -0.2) is 51.2 Å². The molecule has 1 N–H and O–H groups in total. The highest BCUT2D eigenvalue weighted by Gasteiger charge is 2.29. The van der Waals surface area contributed by atoms with Gasteiger partial charge in [-0.15, -0.1) is 17.5 Å². The summed E-state index contributed by atoms with van der Waals surface area (Å²) in [6, 6.07) is 5.36. The number of hydrogen-bond donors (Lipinski definition) is 1. The Kier molecular flexibility index (Phi) is 6.91. The number of amides is 1. The van der Waals surface area contributed by atoms with Gasteiger partial charge in [0.25, 0.3) is 5.91 Å². The number of para-hydroxylation sites is 1. The van der Waals surface area contributed by atoms with E-state index in [4.69, 9.17) is 23.2 Å². The summed E-state index contributed by atoms with van der Waals surface area (Å²) >= 11 is 12.6. The van der Waals surface area contributed by atoms with Gasteiger partial charge >= 0.3 is 0 Å². The van der Waals surface area contributed by atoms with E-state index in [1.807, 2.05) is 20.8 Å². The second-order valence-corrected chi connectivity index (χ2v) is 7.30. The fourth-order valence-electron chi connectivity index (χ4n) is 2.92. The van der Waals surface area contributed by atoms with Crippen molar-refractivity contribution in [2.45, 2.75) is 32.7 Å². The molecule has 1 atom stereocenters. The number of hydrogen-bond acceptors (Lipinski definition) is 4. The summed E-state index contributed by atoms with van der Waals surface area (Å²) in [6.07, 6.45) is 0. The summed E-state index contributed by atoms with van der Waals surface area (Å²) in [5.74, 6) is 0.717. The molecule has 1 amide bonds. The summed E-state index contributed by atoms with van der Waals surface area (Å²) in [7, 11) is 0. The van der Waals surface area contributed by atoms with Crippen LogP contribution in [0.15, 0.2) is 18.2 Å². The highest BCUT2D eigenvalue weighted by Crippen LogP contribution is 2.30. The van der Waals surface area contributed by atoms with Crippen LogP contribution in [0, 0.1) is 0 Å². The molecule has 0 spiro atoms. The lowest BCUT2D eigenvalue weighted by Gasteiger charge is -2.33. The summed E-state index contributed by atoms with van der Waals surface area (Å²) in [4.78, 5) is 19.2. The summed E-state index contributed by atoms with van der Waals surface area (Å²) in [5, 5.41) is 8.66. The van der Waals surface area contributed by atoms with Gasteiger partial charge in [-0.3, -0.25) is 4.79 Å². The Morgan fingerprint density at radius 2 is 1.96 bits per heavy atom. The third kappa shape index (κ3) is 3.98. The highest BCUT2D eigenvalue weighted by atomic mass is 35.5. The largest absolute Gasteiger partial charge is 0.331 e. The number of piperazine rings is 1. The summed E-state index contributed by atoms with van der Waals surface area (Å²) in [6.45, 7) is 8.16. The van der Waals surface area contributed by atoms with E-state index in [1.165, 1.54) is 0 Å². The van der Waals surface area contributed by atoms with Crippen molar-refractivity contribution in [3.8, 4) is 5.69 Å². The van der Waals surface area contributed by atoms with Gasteiger partial charge < -0.3 is 10.2 Å². The molecular weight excluding hydrogens is 397 g/mol. The van der Waals surface area contributed by atoms with Gasteiger partial charge in [0.15, 0.2) is 0 Å². The predicted molar refractivity (Wildman–Crippen MR) is 106 cm³/mol. The zero-order chi connectivity index (χ0) is 18.1. The van der Waals surface area contributed by atoms with Crippen molar-refractivity contribution in [2.75, 3.05) is 19.6 Å². The van der Waals surface area contributed by atoms with Gasteiger partial charge in [0.1, 0.15) is 11.5 Å². The minimum absolute atomic E-state index is 0. The Balaban J connectivity index is 0.00000243. The van der Waals surface area contributed by atoms with Gasteiger partial charge in [0.2, 0.25) is 5.82 Å². The summed E-state index contributed by atoms with van der Waals surface area (Å²) in [5.41, 5.74) is 0.550. The molecule has 2 aromatic rings. The maximum atomic E-state index is 12.9. The predicted octanol–water partition coefficient (Wildman–Crippen LogP) is 3.55. The van der Waals surface area contributed by atoms with Crippen LogP contribution in [0.1, 0.15) is 43.1 Å². The van der Waals surface area contributed by atoms with E-state index in [1.54, 1.807) is 27.8 Å². The maximum Gasteiger partial charge on any atom is 0.293 e. The molecule has 1 aliphatic heterocycles. The van der Waals surface area contributed by atoms with Crippen molar-refractivity contribution in [1.82, 2.24) is 25.0 Å². The Labute approximate surface area is 169 Å². The molecule has 0 aliphatic carbocycles. The van der Waals surface area contributed by atoms with Crippen LogP contribution in [-0.2, 0) is 0 Å². The van der Waals surface area contributed by atoms with Crippen LogP contribution >= 0.6 is 35.6 Å². The SMILES string of the molecule is CC(C)c1nc(C(=O)N2CCNC[C@@H]2C)nn1-c1c(Cl)cccc1Cl.Cl. The normalized spacial score (nSPS) is 17.3. The number of rotatable bonds is 3. The molecule has 0 saturated carbocycles. The van der Waals surface area contributed by atoms with Gasteiger partial charge in [0.05, 0.1) is 10.0 Å². The van der Waals surface area contributed by atoms with Gasteiger partial charge in [-0.1, -0.05) is 43.1 Å². The van der Waals surface area contributed by atoms with Crippen LogP contribution in [0.25, 0.3) is 5.69 Å². The standard InChI is InChI=1S/C17H21Cl2N5O.ClH/c1-10(2)16-21-15(17(25)23-8-7-20-9-11(23)3)22-24(16)14-12(18)5-4-6-13(14)19;/h4-6,10-11,20H,7-9H2,1-3H3;1H/t11-;/m0./s1. The van der Waals surface area contributed by atoms with Crippen LogP contribution in [0.5, 0.6) is 0 Å². The molecule has 1 fully saturated rings. The molecule has 0 unspecified atom stereocenters. The molecule has 0 bridgehead atoms. The molecule has 6 nitrogen and oxygen atoms in total. The number of nitrogens with zero attached hydrogens (tertiary/aromatic N) is 4. The van der Waals surface area contributed by atoms with Crippen molar-refractivity contribution in [3.05, 3.63) is 39.9 Å². The first kappa shape index (κ1) is 21.0. The second-order valence-electron chi connectivity index (χ2n) is 6.48. The third-order valence-electron chi connectivity index (χ3n) is 4.25. The van der Waals surface area contributed by atoms with Crippen molar-refractivity contribution in [2.24, 2.45) is 0 Å². The molecule has 1 aromatic carbocycles. The quantitative estimate of drug-likeness (QED) is 0.828. The fourth-order valence-corrected chi connectivity index (χ4v) is 3.47. The minimum atomic E-state index is -0.169. The fraction of sp³-hybridized carbons (Fsp3) is 0.471. The first-order valence-corrected chi connectivity index (χ1v) is 9.08. The number of nitrogens with one attached hydrogen (secondary N) is 1. The van der Waals surface area contributed by atoms with Crippen molar-refractivity contribution < 1.29 is 4.79 Å². The van der Waals surface area contributed by atoms with E-state index >= 15 is 0 Å². The number of halogens is 3. The third-order valence-corrected chi connectivity index (χ3v) is 4.86. The number of benzene rings is 1. The van der Waals surface area contributed by atoms with Crippen molar-refractivity contribution >= 4 is 41.5 Å². The van der Waals surface area contributed by atoms with Gasteiger partial charge in [-0.05, 0) is 19.1 Å². The lowest BCUT2D eigenvalue weighted by atomic mass is 10.2. The van der Waals surface area contributed by atoms with Crippen molar-refractivity contribution in [3.63, 3.8) is 0 Å². The maximum absolute atomic E-state index is 12.9. The smallest absolute Gasteiger partial charge is 0.293 e. The topological polar surface area (TPSA) is 63.1 Å². The average Bonchev–Trinajstić information content (AvgIpc) is 3.00. The first-order chi connectivity index (χ1) is 11.9. The Morgan fingerprint density at radius 1 is 1.31 bits per heavy atom. The van der Waals surface area contributed by atoms with Crippen LogP contribution in [0.3, 0.4) is 0 Å². The molecule has 9 heteroatoms. The Bertz CT molecular complexity index is 772. The lowest BCUT2D eigenvalue weighted by Crippen LogP contribution is -2.52. The monoisotopic (exact) mass is 417 g/mol. The van der Waals surface area contributed by atoms with Gasteiger partial charge in [0, 0.05) is 31.6 Å². The zero-order valence-corrected chi connectivity index (χ0v) is 17.2. The number of carbonyl (C=O) groups excluding carboxylic acids is 1. The van der Waals surface area contributed by atoms with E-state index in [2.05, 4.69) is 15.4 Å². The Morgan fingerprint density at radius 3 is 2.54 bits per heavy atom. The molecule has 3 rings (SSSR count). The minimum Gasteiger partial charge on any atom is -0.331 e. The molecule has 1 aromatic heterocycles. The lowest BCUT2D eigenvalue weighted by molar-refractivity contribution is 0.0643. The van der Waals surface area contributed by atoms with Crippen LogP contribution < -0.4 is 5.32 Å². The van der Waals surface area contributed by atoms with E-state index in [0.717, 1.165) is 13.1 Å². The van der Waals surface area contributed by atoms with Gasteiger partial charge in [-0.25, -0.2) is 9.67 Å². The van der Waals surface area contributed by atoms with E-state index in [9.17, 15) is 4.79 Å². The molecule has 1 aliphatic rings. The van der Waals surface area contributed by atoms with E-state index in [0.29, 0.717) is 28.1 Å².